The third kappa shape index (κ3) is 4.35. The lowest BCUT2D eigenvalue weighted by Gasteiger charge is -2.14. The summed E-state index contributed by atoms with van der Waals surface area (Å²) in [5, 5.41) is 0. The Bertz CT molecular complexity index is 497. The predicted octanol–water partition coefficient (Wildman–Crippen LogP) is 2.32. The Morgan fingerprint density at radius 3 is 2.35 bits per heavy atom. The summed E-state index contributed by atoms with van der Waals surface area (Å²) in [7, 11) is -3.45. The van der Waals surface area contributed by atoms with Crippen molar-refractivity contribution in [1.29, 1.82) is 0 Å². The number of sulfonamides is 1. The van der Waals surface area contributed by atoms with E-state index < -0.39 is 27.8 Å². The van der Waals surface area contributed by atoms with E-state index in [4.69, 9.17) is 0 Å². The monoisotopic (exact) mass is 267 g/mol. The summed E-state index contributed by atoms with van der Waals surface area (Å²) in [6.07, 6.45) is -3.47. The van der Waals surface area contributed by atoms with Crippen molar-refractivity contribution >= 4 is 10.0 Å². The quantitative estimate of drug-likeness (QED) is 0.913. The molecule has 0 aliphatic rings. The lowest BCUT2D eigenvalue weighted by molar-refractivity contribution is -0.137. The van der Waals surface area contributed by atoms with E-state index in [9.17, 15) is 21.6 Å². The molecule has 0 heterocycles. The highest BCUT2D eigenvalue weighted by Crippen LogP contribution is 2.30. The van der Waals surface area contributed by atoms with Crippen molar-refractivity contribution in [1.82, 2.24) is 4.72 Å². The SMILES string of the molecule is CC(NS(C)(=O)=O)c1cccc(C(F)(F)F)c1. The minimum Gasteiger partial charge on any atom is -0.213 e. The van der Waals surface area contributed by atoms with Gasteiger partial charge in [0.15, 0.2) is 0 Å². The molecule has 3 nitrogen and oxygen atoms in total. The van der Waals surface area contributed by atoms with Crippen molar-refractivity contribution in [3.05, 3.63) is 35.4 Å². The van der Waals surface area contributed by atoms with Crippen molar-refractivity contribution in [2.75, 3.05) is 6.26 Å². The van der Waals surface area contributed by atoms with E-state index in [0.717, 1.165) is 18.4 Å². The average molecular weight is 267 g/mol. The summed E-state index contributed by atoms with van der Waals surface area (Å²) >= 11 is 0. The number of hydrogen-bond acceptors (Lipinski definition) is 2. The van der Waals surface area contributed by atoms with Gasteiger partial charge in [0.25, 0.3) is 0 Å². The first kappa shape index (κ1) is 14.0. The molecule has 0 aromatic heterocycles. The summed E-state index contributed by atoms with van der Waals surface area (Å²) in [6, 6.07) is 3.86. The van der Waals surface area contributed by atoms with Crippen molar-refractivity contribution < 1.29 is 21.6 Å². The lowest BCUT2D eigenvalue weighted by Crippen LogP contribution is -2.25. The van der Waals surface area contributed by atoms with Crippen molar-refractivity contribution in [3.63, 3.8) is 0 Å². The molecule has 0 amide bonds. The van der Waals surface area contributed by atoms with E-state index >= 15 is 0 Å². The van der Waals surface area contributed by atoms with Crippen molar-refractivity contribution in [2.24, 2.45) is 0 Å². The number of hydrogen-bond donors (Lipinski definition) is 1. The molecule has 0 aliphatic heterocycles. The highest BCUT2D eigenvalue weighted by atomic mass is 32.2. The van der Waals surface area contributed by atoms with Gasteiger partial charge in [0, 0.05) is 6.04 Å². The highest BCUT2D eigenvalue weighted by molar-refractivity contribution is 7.88. The van der Waals surface area contributed by atoms with Crippen LogP contribution in [0.4, 0.5) is 13.2 Å². The van der Waals surface area contributed by atoms with Crippen LogP contribution in [0.2, 0.25) is 0 Å². The maximum atomic E-state index is 12.4. The van der Waals surface area contributed by atoms with Gasteiger partial charge in [-0.1, -0.05) is 12.1 Å². The van der Waals surface area contributed by atoms with Crippen LogP contribution in [0.3, 0.4) is 0 Å². The first-order chi connectivity index (χ1) is 7.59. The van der Waals surface area contributed by atoms with Gasteiger partial charge in [-0.3, -0.25) is 0 Å². The van der Waals surface area contributed by atoms with Gasteiger partial charge in [-0.05, 0) is 24.6 Å². The molecule has 0 radical (unpaired) electrons. The van der Waals surface area contributed by atoms with E-state index in [1.165, 1.54) is 19.1 Å². The second-order valence-electron chi connectivity index (χ2n) is 3.73. The minimum absolute atomic E-state index is 0.269. The molecule has 1 rings (SSSR count). The van der Waals surface area contributed by atoms with Crippen molar-refractivity contribution in [3.8, 4) is 0 Å². The minimum atomic E-state index is -4.43. The molecular formula is C10H12F3NO2S. The third-order valence-electron chi connectivity index (χ3n) is 2.10. The fourth-order valence-corrected chi connectivity index (χ4v) is 2.15. The van der Waals surface area contributed by atoms with Crippen LogP contribution in [0.15, 0.2) is 24.3 Å². The maximum Gasteiger partial charge on any atom is 0.416 e. The zero-order valence-electron chi connectivity index (χ0n) is 9.25. The molecule has 1 unspecified atom stereocenters. The van der Waals surface area contributed by atoms with Crippen LogP contribution < -0.4 is 4.72 Å². The van der Waals surface area contributed by atoms with E-state index in [0.29, 0.717) is 0 Å². The molecule has 0 aliphatic carbocycles. The first-order valence-corrected chi connectivity index (χ1v) is 6.63. The van der Waals surface area contributed by atoms with E-state index in [2.05, 4.69) is 4.72 Å². The zero-order valence-corrected chi connectivity index (χ0v) is 10.1. The molecular weight excluding hydrogens is 255 g/mol. The fraction of sp³-hybridized carbons (Fsp3) is 0.400. The van der Waals surface area contributed by atoms with Crippen LogP contribution in [0.25, 0.3) is 0 Å². The standard InChI is InChI=1S/C10H12F3NO2S/c1-7(14-17(2,15)16)8-4-3-5-9(6-8)10(11,12)13/h3-7,14H,1-2H3. The van der Waals surface area contributed by atoms with Crippen LogP contribution in [-0.2, 0) is 16.2 Å². The maximum absolute atomic E-state index is 12.4. The van der Waals surface area contributed by atoms with E-state index in [1.54, 1.807) is 0 Å². The average Bonchev–Trinajstić information content (AvgIpc) is 2.14. The van der Waals surface area contributed by atoms with Gasteiger partial charge < -0.3 is 0 Å². The van der Waals surface area contributed by atoms with Crippen molar-refractivity contribution in [2.45, 2.75) is 19.1 Å². The molecule has 1 atom stereocenters. The molecule has 1 aromatic rings. The molecule has 1 aromatic carbocycles. The smallest absolute Gasteiger partial charge is 0.213 e. The van der Waals surface area contributed by atoms with Crippen LogP contribution in [-0.4, -0.2) is 14.7 Å². The molecule has 0 spiro atoms. The van der Waals surface area contributed by atoms with Crippen LogP contribution >= 0.6 is 0 Å². The summed E-state index contributed by atoms with van der Waals surface area (Å²) in [4.78, 5) is 0. The van der Waals surface area contributed by atoms with Crippen LogP contribution in [0.1, 0.15) is 24.1 Å². The normalized spacial score (nSPS) is 14.6. The summed E-state index contributed by atoms with van der Waals surface area (Å²) in [6.45, 7) is 1.48. The van der Waals surface area contributed by atoms with Gasteiger partial charge in [-0.25, -0.2) is 13.1 Å². The number of benzene rings is 1. The van der Waals surface area contributed by atoms with Gasteiger partial charge in [0.05, 0.1) is 11.8 Å². The van der Waals surface area contributed by atoms with E-state index in [1.807, 2.05) is 0 Å². The second kappa shape index (κ2) is 4.66. The topological polar surface area (TPSA) is 46.2 Å². The molecule has 1 N–H and O–H groups in total. The largest absolute Gasteiger partial charge is 0.416 e. The van der Waals surface area contributed by atoms with Gasteiger partial charge in [-0.15, -0.1) is 0 Å². The van der Waals surface area contributed by atoms with Gasteiger partial charge in [0.2, 0.25) is 10.0 Å². The predicted molar refractivity (Wildman–Crippen MR) is 57.8 cm³/mol. The molecule has 0 fully saturated rings. The number of rotatable bonds is 3. The first-order valence-electron chi connectivity index (χ1n) is 4.74. The summed E-state index contributed by atoms with van der Waals surface area (Å²) in [5.74, 6) is 0. The van der Waals surface area contributed by atoms with Gasteiger partial charge >= 0.3 is 6.18 Å². The molecule has 17 heavy (non-hydrogen) atoms. The summed E-state index contributed by atoms with van der Waals surface area (Å²) < 4.78 is 61.4. The Kier molecular flexibility index (Phi) is 3.83. The third-order valence-corrected chi connectivity index (χ3v) is 2.89. The molecule has 7 heteroatoms. The highest BCUT2D eigenvalue weighted by Gasteiger charge is 2.30. The second-order valence-corrected chi connectivity index (χ2v) is 5.51. The lowest BCUT2D eigenvalue weighted by atomic mass is 10.1. The zero-order chi connectivity index (χ0) is 13.3. The number of nitrogens with one attached hydrogen (secondary N) is 1. The Balaban J connectivity index is 3.00. The van der Waals surface area contributed by atoms with Gasteiger partial charge in [0.1, 0.15) is 0 Å². The number of alkyl halides is 3. The Morgan fingerprint density at radius 2 is 1.88 bits per heavy atom. The van der Waals surface area contributed by atoms with Crippen LogP contribution in [0.5, 0.6) is 0 Å². The summed E-state index contributed by atoms with van der Waals surface area (Å²) in [5.41, 5.74) is -0.526. The van der Waals surface area contributed by atoms with Crippen LogP contribution in [0, 0.1) is 0 Å². The van der Waals surface area contributed by atoms with Gasteiger partial charge in [-0.2, -0.15) is 13.2 Å². The number of halogens is 3. The molecule has 0 saturated heterocycles. The molecule has 96 valence electrons. The Morgan fingerprint density at radius 1 is 1.29 bits per heavy atom. The Hall–Kier alpha value is -1.08. The molecule has 0 saturated carbocycles. The molecule has 0 bridgehead atoms. The van der Waals surface area contributed by atoms with E-state index in [-0.39, 0.29) is 5.56 Å². The Labute approximate surface area is 97.7 Å². The fourth-order valence-electron chi connectivity index (χ4n) is 1.37.